The Labute approximate surface area is 234 Å². The minimum Gasteiger partial charge on any atom is -0.494 e. The van der Waals surface area contributed by atoms with Crippen molar-refractivity contribution in [2.75, 3.05) is 12.4 Å². The molecule has 0 aliphatic carbocycles. The monoisotopic (exact) mass is 567 g/mol. The minimum absolute atomic E-state index is 0.0907. The molecule has 10 nitrogen and oxygen atoms in total. The first kappa shape index (κ1) is 27.5. The average molecular weight is 568 g/mol. The molecule has 40 heavy (non-hydrogen) atoms. The zero-order valence-corrected chi connectivity index (χ0v) is 23.5. The molecular weight excluding hydrogens is 537 g/mol. The van der Waals surface area contributed by atoms with Crippen LogP contribution >= 0.6 is 11.3 Å². The fourth-order valence-electron chi connectivity index (χ4n) is 5.10. The van der Waals surface area contributed by atoms with E-state index in [4.69, 9.17) is 9.72 Å². The number of urea groups is 1. The van der Waals surface area contributed by atoms with E-state index in [1.54, 1.807) is 21.0 Å². The molecule has 1 aromatic heterocycles. The number of rotatable bonds is 7. The Morgan fingerprint density at radius 3 is 2.75 bits per heavy atom. The Hall–Kier alpha value is -4.06. The predicted octanol–water partition coefficient (Wildman–Crippen LogP) is 4.21. The molecule has 1 saturated heterocycles. The number of methoxy groups -OCH3 is 1. The average Bonchev–Trinajstić information content (AvgIpc) is 3.48. The SMILES string of the molecule is CCCc1cc(OC)c2nc(C(C)(C)NC(=O)Nc3ccc4c(c3F)CN(C3CCC(=O)NC3=O)C4=O)sc2c1. The Kier molecular flexibility index (Phi) is 7.21. The molecular formula is C28H30FN5O5S. The molecule has 5 rings (SSSR count). The molecule has 1 unspecified atom stereocenters. The van der Waals surface area contributed by atoms with Gasteiger partial charge in [-0.25, -0.2) is 14.2 Å². The first-order valence-corrected chi connectivity index (χ1v) is 13.9. The molecule has 0 radical (unpaired) electrons. The van der Waals surface area contributed by atoms with Crippen LogP contribution in [0.3, 0.4) is 0 Å². The van der Waals surface area contributed by atoms with Gasteiger partial charge in [-0.2, -0.15) is 0 Å². The van der Waals surface area contributed by atoms with Crippen molar-refractivity contribution in [1.29, 1.82) is 0 Å². The lowest BCUT2D eigenvalue weighted by Gasteiger charge is -2.29. The largest absolute Gasteiger partial charge is 0.494 e. The summed E-state index contributed by atoms with van der Waals surface area (Å²) in [4.78, 5) is 55.6. The van der Waals surface area contributed by atoms with E-state index in [2.05, 4.69) is 28.9 Å². The number of piperidine rings is 1. The quantitative estimate of drug-likeness (QED) is 0.367. The molecule has 12 heteroatoms. The van der Waals surface area contributed by atoms with Gasteiger partial charge in [0.1, 0.15) is 22.3 Å². The maximum absolute atomic E-state index is 15.5. The molecule has 2 aliphatic rings. The number of amides is 5. The van der Waals surface area contributed by atoms with Crippen molar-refractivity contribution in [2.45, 2.75) is 64.6 Å². The van der Waals surface area contributed by atoms with Gasteiger partial charge in [0, 0.05) is 17.5 Å². The fourth-order valence-corrected chi connectivity index (χ4v) is 6.21. The summed E-state index contributed by atoms with van der Waals surface area (Å²) in [6, 6.07) is 5.31. The summed E-state index contributed by atoms with van der Waals surface area (Å²) in [5.41, 5.74) is 1.09. The molecule has 0 spiro atoms. The van der Waals surface area contributed by atoms with Gasteiger partial charge >= 0.3 is 6.03 Å². The van der Waals surface area contributed by atoms with E-state index >= 15 is 4.39 Å². The van der Waals surface area contributed by atoms with Crippen molar-refractivity contribution in [3.8, 4) is 5.75 Å². The van der Waals surface area contributed by atoms with E-state index in [1.165, 1.54) is 28.4 Å². The van der Waals surface area contributed by atoms with E-state index in [0.717, 1.165) is 23.1 Å². The van der Waals surface area contributed by atoms with Gasteiger partial charge < -0.3 is 20.3 Å². The number of benzene rings is 2. The molecule has 210 valence electrons. The molecule has 3 heterocycles. The number of hydrogen-bond acceptors (Lipinski definition) is 7. The van der Waals surface area contributed by atoms with Gasteiger partial charge in [0.05, 0.1) is 29.6 Å². The van der Waals surface area contributed by atoms with Crippen molar-refractivity contribution in [2.24, 2.45) is 0 Å². The number of thiazole rings is 1. The number of halogens is 1. The van der Waals surface area contributed by atoms with Gasteiger partial charge in [-0.15, -0.1) is 11.3 Å². The maximum Gasteiger partial charge on any atom is 0.320 e. The van der Waals surface area contributed by atoms with Gasteiger partial charge in [-0.1, -0.05) is 13.3 Å². The highest BCUT2D eigenvalue weighted by atomic mass is 32.1. The van der Waals surface area contributed by atoms with Crippen LogP contribution in [0.1, 0.15) is 66.5 Å². The smallest absolute Gasteiger partial charge is 0.320 e. The second-order valence-electron chi connectivity index (χ2n) is 10.5. The van der Waals surface area contributed by atoms with Crippen LogP contribution in [0.4, 0.5) is 14.9 Å². The summed E-state index contributed by atoms with van der Waals surface area (Å²) in [6.07, 6.45) is 2.18. The normalized spacial score (nSPS) is 17.2. The van der Waals surface area contributed by atoms with Crippen LogP contribution < -0.4 is 20.7 Å². The van der Waals surface area contributed by atoms with E-state index < -0.39 is 41.2 Å². The summed E-state index contributed by atoms with van der Waals surface area (Å²) < 4.78 is 22.0. The number of carbonyl (C=O) groups excluding carboxylic acids is 4. The van der Waals surface area contributed by atoms with Crippen LogP contribution in [-0.2, 0) is 28.1 Å². The molecule has 0 saturated carbocycles. The number of aromatic nitrogens is 1. The number of aryl methyl sites for hydroxylation is 1. The number of nitrogens with zero attached hydrogens (tertiary/aromatic N) is 2. The van der Waals surface area contributed by atoms with E-state index in [0.29, 0.717) is 16.3 Å². The minimum atomic E-state index is -0.893. The van der Waals surface area contributed by atoms with Crippen LogP contribution in [0.2, 0.25) is 0 Å². The Morgan fingerprint density at radius 2 is 2.05 bits per heavy atom. The molecule has 3 aromatic rings. The molecule has 1 fully saturated rings. The van der Waals surface area contributed by atoms with Crippen LogP contribution in [0.15, 0.2) is 24.3 Å². The van der Waals surface area contributed by atoms with Crippen LogP contribution in [0.5, 0.6) is 5.75 Å². The van der Waals surface area contributed by atoms with Crippen molar-refractivity contribution >= 4 is 51.0 Å². The van der Waals surface area contributed by atoms with E-state index in [1.807, 2.05) is 6.07 Å². The molecule has 5 amide bonds. The van der Waals surface area contributed by atoms with E-state index in [-0.39, 0.29) is 36.2 Å². The Bertz CT molecular complexity index is 1550. The fraction of sp³-hybridized carbons (Fsp3) is 0.393. The zero-order chi connectivity index (χ0) is 28.8. The van der Waals surface area contributed by atoms with Gasteiger partial charge in [0.2, 0.25) is 11.8 Å². The number of carbonyl (C=O) groups is 4. The second-order valence-corrected chi connectivity index (χ2v) is 11.5. The number of fused-ring (bicyclic) bond motifs is 2. The Balaban J connectivity index is 1.32. The highest BCUT2D eigenvalue weighted by Crippen LogP contribution is 2.36. The summed E-state index contributed by atoms with van der Waals surface area (Å²) in [6.45, 7) is 5.58. The lowest BCUT2D eigenvalue weighted by Crippen LogP contribution is -2.52. The van der Waals surface area contributed by atoms with Gasteiger partial charge in [0.25, 0.3) is 5.91 Å². The summed E-state index contributed by atoms with van der Waals surface area (Å²) in [5.74, 6) is -1.55. The number of nitrogens with one attached hydrogen (secondary N) is 3. The first-order chi connectivity index (χ1) is 19.0. The molecule has 1 atom stereocenters. The predicted molar refractivity (Wildman–Crippen MR) is 148 cm³/mol. The highest BCUT2D eigenvalue weighted by Gasteiger charge is 2.40. The third kappa shape index (κ3) is 4.99. The standard InChI is InChI=1S/C28H30FN5O5S/c1-5-6-14-11-19(39-4)23-20(12-14)40-26(32-23)28(2,3)33-27(38)30-17-8-7-15-16(22(17)29)13-34(25(15)37)18-9-10-21(35)31-24(18)36/h7-8,11-12,18H,5-6,9-10,13H2,1-4H3,(H2,30,33,38)(H,31,35,36). The summed E-state index contributed by atoms with van der Waals surface area (Å²) >= 11 is 1.45. The van der Waals surface area contributed by atoms with Crippen LogP contribution in [0.25, 0.3) is 10.2 Å². The summed E-state index contributed by atoms with van der Waals surface area (Å²) in [7, 11) is 1.60. The molecule has 2 aliphatic heterocycles. The topological polar surface area (TPSA) is 130 Å². The third-order valence-electron chi connectivity index (χ3n) is 7.14. The molecule has 2 aromatic carbocycles. The zero-order valence-electron chi connectivity index (χ0n) is 22.6. The second kappa shape index (κ2) is 10.5. The van der Waals surface area contributed by atoms with Crippen LogP contribution in [-0.4, -0.2) is 46.8 Å². The number of imide groups is 1. The highest BCUT2D eigenvalue weighted by molar-refractivity contribution is 7.18. The van der Waals surface area contributed by atoms with Gasteiger partial charge in [-0.3, -0.25) is 19.7 Å². The number of ether oxygens (including phenoxy) is 1. The van der Waals surface area contributed by atoms with Gasteiger partial charge in [-0.05, 0) is 56.5 Å². The first-order valence-electron chi connectivity index (χ1n) is 13.1. The van der Waals surface area contributed by atoms with Crippen molar-refractivity contribution < 1.29 is 28.3 Å². The van der Waals surface area contributed by atoms with Gasteiger partial charge in [0.15, 0.2) is 5.82 Å². The Morgan fingerprint density at radius 1 is 1.27 bits per heavy atom. The molecule has 3 N–H and O–H groups in total. The van der Waals surface area contributed by atoms with Crippen molar-refractivity contribution in [3.63, 3.8) is 0 Å². The third-order valence-corrected chi connectivity index (χ3v) is 8.46. The van der Waals surface area contributed by atoms with Crippen LogP contribution in [0, 0.1) is 5.82 Å². The van der Waals surface area contributed by atoms with Crippen molar-refractivity contribution in [3.05, 3.63) is 51.8 Å². The van der Waals surface area contributed by atoms with Crippen molar-refractivity contribution in [1.82, 2.24) is 20.5 Å². The maximum atomic E-state index is 15.5. The number of anilines is 1. The molecule has 0 bridgehead atoms. The number of hydrogen-bond donors (Lipinski definition) is 3. The lowest BCUT2D eigenvalue weighted by atomic mass is 10.0. The lowest BCUT2D eigenvalue weighted by molar-refractivity contribution is -0.136. The summed E-state index contributed by atoms with van der Waals surface area (Å²) in [5, 5.41) is 8.29. The van der Waals surface area contributed by atoms with E-state index in [9.17, 15) is 19.2 Å².